The molecule has 5 heteroatoms. The number of hydrogen-bond donors (Lipinski definition) is 1. The van der Waals surface area contributed by atoms with E-state index >= 15 is 0 Å². The number of carbonyl (C=O) groups is 1. The third-order valence-corrected chi connectivity index (χ3v) is 5.51. The first-order valence-corrected chi connectivity index (χ1v) is 8.39. The largest absolute Gasteiger partial charge is 0.504 e. The van der Waals surface area contributed by atoms with Gasteiger partial charge in [-0.15, -0.1) is 0 Å². The molecule has 0 fully saturated rings. The van der Waals surface area contributed by atoms with Crippen LogP contribution >= 0.6 is 0 Å². The van der Waals surface area contributed by atoms with E-state index in [1.54, 1.807) is 20.3 Å². The van der Waals surface area contributed by atoms with E-state index in [4.69, 9.17) is 9.47 Å². The number of carbonyl (C=O) groups excluding carboxylic acids is 1. The number of rotatable bonds is 4. The second-order valence-corrected chi connectivity index (χ2v) is 6.58. The molecule has 2 aliphatic carbocycles. The van der Waals surface area contributed by atoms with E-state index in [2.05, 4.69) is 18.9 Å². The van der Waals surface area contributed by atoms with Gasteiger partial charge in [-0.2, -0.15) is 0 Å². The molecule has 2 aliphatic rings. The average Bonchev–Trinajstić information content (AvgIpc) is 2.59. The van der Waals surface area contributed by atoms with Crippen molar-refractivity contribution >= 4 is 5.78 Å². The molecule has 0 heterocycles. The van der Waals surface area contributed by atoms with Crippen molar-refractivity contribution in [3.05, 3.63) is 35.1 Å². The van der Waals surface area contributed by atoms with E-state index in [1.165, 1.54) is 0 Å². The molecule has 1 N–H and O–H groups in total. The van der Waals surface area contributed by atoms with Crippen LogP contribution in [0.3, 0.4) is 0 Å². The number of ketones is 1. The molecule has 0 saturated heterocycles. The first-order chi connectivity index (χ1) is 11.5. The number of ether oxygens (including phenoxy) is 2. The summed E-state index contributed by atoms with van der Waals surface area (Å²) in [6, 6.07) is 4.10. The van der Waals surface area contributed by atoms with Crippen molar-refractivity contribution in [1.29, 1.82) is 0 Å². The minimum absolute atomic E-state index is 0.00767. The van der Waals surface area contributed by atoms with Gasteiger partial charge in [0.1, 0.15) is 0 Å². The number of allylic oxidation sites excluding steroid dienone is 1. The normalized spacial score (nSPS) is 25.8. The molecule has 3 rings (SSSR count). The summed E-state index contributed by atoms with van der Waals surface area (Å²) in [5.41, 5.74) is 1.96. The van der Waals surface area contributed by atoms with Gasteiger partial charge < -0.3 is 19.5 Å². The zero-order valence-corrected chi connectivity index (χ0v) is 14.7. The minimum Gasteiger partial charge on any atom is -0.504 e. The summed E-state index contributed by atoms with van der Waals surface area (Å²) in [5, 5.41) is 10.7. The predicted molar refractivity (Wildman–Crippen MR) is 91.4 cm³/mol. The lowest BCUT2D eigenvalue weighted by Crippen LogP contribution is -2.46. The SMILES string of the molecule is CCN(C)[C@H]1Cc2ccc(OC)c(O)c2C2CC(=O)C(OC)=CC21. The standard InChI is InChI=1S/C19H25NO4/c1-5-20(2)14-8-11-6-7-16(23-3)19(22)18(11)13-9-15(21)17(24-4)10-12(13)14/h6-7,10,12-14,22H,5,8-9H2,1-4H3/t12?,13?,14-/m0/s1. The summed E-state index contributed by atoms with van der Waals surface area (Å²) < 4.78 is 10.6. The number of Topliss-reactive ketones (excluding diaryl/α,β-unsaturated/α-hetero) is 1. The van der Waals surface area contributed by atoms with Crippen molar-refractivity contribution in [2.24, 2.45) is 5.92 Å². The summed E-state index contributed by atoms with van der Waals surface area (Å²) in [6.07, 6.45) is 3.14. The van der Waals surface area contributed by atoms with E-state index in [0.717, 1.165) is 24.1 Å². The lowest BCUT2D eigenvalue weighted by molar-refractivity contribution is -0.120. The van der Waals surface area contributed by atoms with Crippen LogP contribution < -0.4 is 4.74 Å². The molecule has 2 unspecified atom stereocenters. The number of fused-ring (bicyclic) bond motifs is 3. The van der Waals surface area contributed by atoms with Crippen LogP contribution in [0.2, 0.25) is 0 Å². The third kappa shape index (κ3) is 2.57. The van der Waals surface area contributed by atoms with Crippen LogP contribution in [-0.4, -0.2) is 49.6 Å². The smallest absolute Gasteiger partial charge is 0.197 e. The zero-order valence-electron chi connectivity index (χ0n) is 14.7. The quantitative estimate of drug-likeness (QED) is 0.918. The number of phenols is 1. The minimum atomic E-state index is -0.0470. The molecule has 130 valence electrons. The molecule has 0 aliphatic heterocycles. The molecule has 24 heavy (non-hydrogen) atoms. The van der Waals surface area contributed by atoms with Crippen molar-refractivity contribution in [1.82, 2.24) is 4.90 Å². The molecular weight excluding hydrogens is 306 g/mol. The maximum absolute atomic E-state index is 12.4. The molecule has 0 radical (unpaired) electrons. The first-order valence-electron chi connectivity index (χ1n) is 8.39. The van der Waals surface area contributed by atoms with Gasteiger partial charge in [-0.25, -0.2) is 0 Å². The Morgan fingerprint density at radius 1 is 1.25 bits per heavy atom. The molecule has 5 nitrogen and oxygen atoms in total. The number of methoxy groups -OCH3 is 2. The number of phenolic OH excluding ortho intramolecular Hbond substituents is 1. The Kier molecular flexibility index (Phi) is 4.54. The first kappa shape index (κ1) is 16.8. The van der Waals surface area contributed by atoms with Gasteiger partial charge in [-0.05, 0) is 37.7 Å². The Balaban J connectivity index is 2.14. The van der Waals surface area contributed by atoms with Gasteiger partial charge in [0.2, 0.25) is 0 Å². The van der Waals surface area contributed by atoms with E-state index in [1.807, 2.05) is 12.1 Å². The maximum Gasteiger partial charge on any atom is 0.197 e. The Bertz CT molecular complexity index is 682. The van der Waals surface area contributed by atoms with Crippen LogP contribution in [0.5, 0.6) is 11.5 Å². The van der Waals surface area contributed by atoms with Gasteiger partial charge in [0.15, 0.2) is 23.0 Å². The van der Waals surface area contributed by atoms with Crippen LogP contribution in [0.4, 0.5) is 0 Å². The van der Waals surface area contributed by atoms with Gasteiger partial charge in [-0.1, -0.05) is 13.0 Å². The second-order valence-electron chi connectivity index (χ2n) is 6.58. The summed E-state index contributed by atoms with van der Waals surface area (Å²) in [4.78, 5) is 14.7. The van der Waals surface area contributed by atoms with Crippen molar-refractivity contribution in [3.63, 3.8) is 0 Å². The van der Waals surface area contributed by atoms with Gasteiger partial charge in [-0.3, -0.25) is 4.79 Å². The molecule has 1 aromatic carbocycles. The van der Waals surface area contributed by atoms with Gasteiger partial charge in [0.05, 0.1) is 14.2 Å². The molecule has 3 atom stereocenters. The Morgan fingerprint density at radius 3 is 2.62 bits per heavy atom. The van der Waals surface area contributed by atoms with E-state index in [-0.39, 0.29) is 29.4 Å². The zero-order chi connectivity index (χ0) is 17.4. The highest BCUT2D eigenvalue weighted by molar-refractivity contribution is 5.95. The highest BCUT2D eigenvalue weighted by Crippen LogP contribution is 2.50. The van der Waals surface area contributed by atoms with Gasteiger partial charge >= 0.3 is 0 Å². The second kappa shape index (κ2) is 6.48. The highest BCUT2D eigenvalue weighted by Gasteiger charge is 2.43. The molecule has 0 bridgehead atoms. The van der Waals surface area contributed by atoms with E-state index in [9.17, 15) is 9.90 Å². The summed E-state index contributed by atoms with van der Waals surface area (Å²) in [5.74, 6) is 1.15. The van der Waals surface area contributed by atoms with Gasteiger partial charge in [0.25, 0.3) is 0 Å². The number of hydrogen-bond acceptors (Lipinski definition) is 5. The van der Waals surface area contributed by atoms with Crippen molar-refractivity contribution in [3.8, 4) is 11.5 Å². The average molecular weight is 331 g/mol. The van der Waals surface area contributed by atoms with Crippen LogP contribution in [-0.2, 0) is 16.0 Å². The Labute approximate surface area is 142 Å². The lowest BCUT2D eigenvalue weighted by atomic mass is 9.67. The molecule has 0 amide bonds. The fraction of sp³-hybridized carbons (Fsp3) is 0.526. The topological polar surface area (TPSA) is 59.0 Å². The van der Waals surface area contributed by atoms with Crippen molar-refractivity contribution in [2.45, 2.75) is 31.7 Å². The third-order valence-electron chi connectivity index (χ3n) is 5.51. The Hall–Kier alpha value is -2.01. The van der Waals surface area contributed by atoms with Crippen molar-refractivity contribution < 1.29 is 19.4 Å². The van der Waals surface area contributed by atoms with E-state index < -0.39 is 0 Å². The summed E-state index contributed by atoms with van der Waals surface area (Å²) in [7, 11) is 5.19. The number of likely N-dealkylation sites (N-methyl/N-ethyl adjacent to an activating group) is 1. The predicted octanol–water partition coefficient (Wildman–Crippen LogP) is 2.48. The molecule has 0 aromatic heterocycles. The van der Waals surface area contributed by atoms with Crippen LogP contribution in [0, 0.1) is 5.92 Å². The lowest BCUT2D eigenvalue weighted by Gasteiger charge is -2.44. The molecular formula is C19H25NO4. The summed E-state index contributed by atoms with van der Waals surface area (Å²) in [6.45, 7) is 3.06. The number of nitrogens with zero attached hydrogens (tertiary/aromatic N) is 1. The maximum atomic E-state index is 12.4. The van der Waals surface area contributed by atoms with Crippen LogP contribution in [0.15, 0.2) is 24.0 Å². The monoisotopic (exact) mass is 331 g/mol. The summed E-state index contributed by atoms with van der Waals surface area (Å²) >= 11 is 0. The molecule has 0 saturated carbocycles. The number of benzene rings is 1. The molecule has 1 aromatic rings. The van der Waals surface area contributed by atoms with Gasteiger partial charge in [0, 0.05) is 29.9 Å². The van der Waals surface area contributed by atoms with Crippen LogP contribution in [0.25, 0.3) is 0 Å². The Morgan fingerprint density at radius 2 is 2.00 bits per heavy atom. The molecule has 0 spiro atoms. The van der Waals surface area contributed by atoms with Crippen molar-refractivity contribution in [2.75, 3.05) is 27.8 Å². The fourth-order valence-electron chi connectivity index (χ4n) is 4.11. The van der Waals surface area contributed by atoms with Crippen LogP contribution in [0.1, 0.15) is 30.4 Å². The van der Waals surface area contributed by atoms with E-state index in [0.29, 0.717) is 17.9 Å². The number of aromatic hydroxyl groups is 1. The fourth-order valence-corrected chi connectivity index (χ4v) is 4.11. The highest BCUT2D eigenvalue weighted by atomic mass is 16.5.